The van der Waals surface area contributed by atoms with E-state index in [1.165, 1.54) is 282 Å². The Bertz CT molecular complexity index is 6820. The van der Waals surface area contributed by atoms with Crippen LogP contribution in [0.5, 0.6) is 0 Å². The van der Waals surface area contributed by atoms with Crippen LogP contribution in [-0.2, 0) is 16.2 Å². The fourth-order valence-electron chi connectivity index (χ4n) is 25.3. The van der Waals surface area contributed by atoms with Crippen LogP contribution in [-0.4, -0.2) is 16.6 Å². The van der Waals surface area contributed by atoms with Crippen molar-refractivity contribution < 1.29 is 0 Å². The molecule has 6 aliphatic rings. The van der Waals surface area contributed by atoms with Crippen LogP contribution in [0.3, 0.4) is 0 Å². The molecule has 3 nitrogen and oxygen atoms in total. The molecule has 0 aromatic heterocycles. The Balaban J connectivity index is 0.686. The van der Waals surface area contributed by atoms with Crippen LogP contribution in [0.4, 0.5) is 34.1 Å². The van der Waals surface area contributed by atoms with Gasteiger partial charge in [-0.1, -0.05) is 320 Å². The normalized spacial score (nSPS) is 22.5. The quantitative estimate of drug-likeness (QED) is 0.128. The number of rotatable bonds is 11. The van der Waals surface area contributed by atoms with Crippen molar-refractivity contribution >= 4 is 98.8 Å². The van der Waals surface area contributed by atoms with E-state index in [-0.39, 0.29) is 32.9 Å². The van der Waals surface area contributed by atoms with Crippen LogP contribution in [0.25, 0.3) is 154 Å². The van der Waals surface area contributed by atoms with Crippen molar-refractivity contribution in [2.24, 2.45) is 0 Å². The number of hydrogen-bond acceptors (Lipinski definition) is 3. The third kappa shape index (κ3) is 9.79. The van der Waals surface area contributed by atoms with Gasteiger partial charge in [-0.2, -0.15) is 0 Å². The van der Waals surface area contributed by atoms with Gasteiger partial charge in [-0.15, -0.1) is 0 Å². The van der Waals surface area contributed by atoms with Gasteiger partial charge in [-0.3, -0.25) is 0 Å². The summed E-state index contributed by atoms with van der Waals surface area (Å²) in [6, 6.07) is 129. The van der Waals surface area contributed by atoms with Crippen LogP contribution in [0.2, 0.25) is 0 Å². The molecule has 0 spiro atoms. The molecule has 0 bridgehead atoms. The second kappa shape index (κ2) is 26.0. The number of fused-ring (bicyclic) bond motifs is 15. The molecule has 18 aromatic rings. The monoisotopic (exact) mass is 1530 g/mol. The number of anilines is 6. The topological polar surface area (TPSA) is 9.72 Å². The summed E-state index contributed by atoms with van der Waals surface area (Å²) in [6.45, 7) is 15.3. The summed E-state index contributed by atoms with van der Waals surface area (Å²) < 4.78 is 0. The van der Waals surface area contributed by atoms with E-state index < -0.39 is 0 Å². The number of hydrogen-bond donors (Lipinski definition) is 0. The highest BCUT2D eigenvalue weighted by molar-refractivity contribution is 6.48. The van der Waals surface area contributed by atoms with Gasteiger partial charge in [0.05, 0.1) is 16.6 Å². The second-order valence-electron chi connectivity index (χ2n) is 37.3. The van der Waals surface area contributed by atoms with E-state index in [0.717, 1.165) is 0 Å². The summed E-state index contributed by atoms with van der Waals surface area (Å²) in [4.78, 5) is 8.07. The van der Waals surface area contributed by atoms with Crippen LogP contribution in [0.15, 0.2) is 334 Å². The molecular weight excluding hydrogens is 1440 g/mol. The van der Waals surface area contributed by atoms with Gasteiger partial charge in [0.25, 0.3) is 0 Å². The van der Waals surface area contributed by atoms with Gasteiger partial charge in [-0.25, -0.2) is 0 Å². The molecule has 18 aromatic carbocycles. The first kappa shape index (κ1) is 70.6. The lowest BCUT2D eigenvalue weighted by molar-refractivity contribution is 0.195. The van der Waals surface area contributed by atoms with Crippen LogP contribution < -0.4 is 14.7 Å². The van der Waals surface area contributed by atoms with Crippen LogP contribution in [0, 0.1) is 0 Å². The highest BCUT2D eigenvalue weighted by Gasteiger charge is 2.60. The zero-order chi connectivity index (χ0) is 79.5. The molecule has 6 atom stereocenters. The molecule has 0 saturated heterocycles. The smallest absolute Gasteiger partial charge is 0.0517 e. The Morgan fingerprint density at radius 1 is 0.193 bits per heavy atom. The molecule has 3 fully saturated rings. The molecule has 24 rings (SSSR count). The van der Waals surface area contributed by atoms with Gasteiger partial charge in [0.1, 0.15) is 0 Å². The molecular formula is C116H97N3. The predicted molar refractivity (Wildman–Crippen MR) is 506 cm³/mol. The molecule has 0 radical (unpaired) electrons. The van der Waals surface area contributed by atoms with Gasteiger partial charge in [0.15, 0.2) is 0 Å². The molecule has 576 valence electrons. The van der Waals surface area contributed by atoms with Crippen molar-refractivity contribution in [3.63, 3.8) is 0 Å². The van der Waals surface area contributed by atoms with E-state index in [2.05, 4.69) is 390 Å². The third-order valence-corrected chi connectivity index (χ3v) is 31.8. The predicted octanol–water partition coefficient (Wildman–Crippen LogP) is 32.0. The Labute approximate surface area is 699 Å². The largest absolute Gasteiger partial charge is 0.334 e. The standard InChI is InChI=1S/C116H97N3/c1-111-65-22-25-68-114(111,4)117(85-33-16-9-17-34-85)99-62-53-82(71-96(99)111)74-41-47-77(48-42-74)88-56-59-93-104-91(88)39-28-40-92(104)107-102(80-29-12-7-13-30-80)109-94-60-57-89(78-49-43-75(44-50-78)83-54-63-100-97(72-83)112(2)66-23-26-69-115(112,5)118(100)86-35-18-10-19-36-86)105-90(58-61-95(106(94)105)110(109)103(108(93)107)81-31-14-8-15-32-81)79-51-45-76(46-52-79)84-55-64-101-98(73-84)113(3)67-24-27-70-116(113,6)119(101)87-37-20-11-21-38-87/h7-21,28-64,71-73H,22-27,65-70H2,1-6H3. The molecule has 0 N–H and O–H groups in total. The Kier molecular flexibility index (Phi) is 15.4. The zero-order valence-corrected chi connectivity index (χ0v) is 69.1. The van der Waals surface area contributed by atoms with Gasteiger partial charge in [-0.05, 0) is 302 Å². The van der Waals surface area contributed by atoms with Crippen molar-refractivity contribution in [2.75, 3.05) is 14.7 Å². The minimum absolute atomic E-state index is 0.00249. The number of benzene rings is 16. The molecule has 6 unspecified atom stereocenters. The maximum atomic E-state index is 2.69. The third-order valence-electron chi connectivity index (χ3n) is 31.8. The SMILES string of the molecule is CC12CCCCC1(C)N(c1ccccc1)c1ccc(-c3ccc(-c4ccc5c6c(-c7ccccc7)c7c8ccc(-c9ccc(-c%10ccc%11c(c%10)C%10(C)CCCCC%10(C)N%11c%10ccccc%10)cc9)c9c(-c%10ccc(-c%11ccc%12c(c%11)C%11(C)CCCCC%11(C)N%12c%11ccccc%11)cc%10)ccc(c7c(-c7ccccc7)c6c6cccc4c65)c98)cc3)cc12. The fourth-order valence-corrected chi connectivity index (χ4v) is 25.3. The van der Waals surface area contributed by atoms with E-state index in [0.29, 0.717) is 0 Å². The Hall–Kier alpha value is -12.6. The average molecular weight is 1530 g/mol. The Morgan fingerprint density at radius 3 is 0.824 bits per heavy atom. The first-order chi connectivity index (χ1) is 58.2. The lowest BCUT2D eigenvalue weighted by atomic mass is 9.61. The summed E-state index contributed by atoms with van der Waals surface area (Å²) >= 11 is 0. The maximum Gasteiger partial charge on any atom is 0.0517 e. The van der Waals surface area contributed by atoms with Gasteiger partial charge >= 0.3 is 0 Å². The summed E-state index contributed by atoms with van der Waals surface area (Å²) in [6.07, 6.45) is 14.6. The lowest BCUT2D eigenvalue weighted by Gasteiger charge is -2.50. The van der Waals surface area contributed by atoms with E-state index in [9.17, 15) is 0 Å². The van der Waals surface area contributed by atoms with Crippen LogP contribution >= 0.6 is 0 Å². The van der Waals surface area contributed by atoms with Crippen molar-refractivity contribution in [3.8, 4) is 89.0 Å². The van der Waals surface area contributed by atoms with Crippen molar-refractivity contribution in [2.45, 2.75) is 151 Å². The minimum Gasteiger partial charge on any atom is -0.334 e. The molecule has 3 heterocycles. The second-order valence-corrected chi connectivity index (χ2v) is 37.3. The van der Waals surface area contributed by atoms with E-state index >= 15 is 0 Å². The number of nitrogens with zero attached hydrogens (tertiary/aromatic N) is 3. The zero-order valence-electron chi connectivity index (χ0n) is 69.1. The molecule has 3 aliphatic carbocycles. The molecule has 3 heteroatoms. The highest BCUT2D eigenvalue weighted by atomic mass is 15.3. The van der Waals surface area contributed by atoms with E-state index in [4.69, 9.17) is 0 Å². The van der Waals surface area contributed by atoms with Crippen molar-refractivity contribution in [1.29, 1.82) is 0 Å². The molecule has 119 heavy (non-hydrogen) atoms. The summed E-state index contributed by atoms with van der Waals surface area (Å²) in [7, 11) is 0. The molecule has 3 aliphatic heterocycles. The van der Waals surface area contributed by atoms with Crippen molar-refractivity contribution in [3.05, 3.63) is 350 Å². The van der Waals surface area contributed by atoms with Gasteiger partial charge in [0, 0.05) is 50.4 Å². The van der Waals surface area contributed by atoms with Crippen molar-refractivity contribution in [1.82, 2.24) is 0 Å². The summed E-state index contributed by atoms with van der Waals surface area (Å²) in [5.41, 5.74) is 32.3. The van der Waals surface area contributed by atoms with Gasteiger partial charge < -0.3 is 14.7 Å². The summed E-state index contributed by atoms with van der Waals surface area (Å²) in [5.74, 6) is 0. The van der Waals surface area contributed by atoms with Gasteiger partial charge in [0.2, 0.25) is 0 Å². The average Bonchev–Trinajstić information content (AvgIpc) is 1.52. The maximum absolute atomic E-state index is 2.69. The first-order valence-electron chi connectivity index (χ1n) is 44.1. The van der Waals surface area contributed by atoms with Crippen LogP contribution in [0.1, 0.15) is 135 Å². The summed E-state index contributed by atoms with van der Waals surface area (Å²) in [5, 5.41) is 15.6. The van der Waals surface area contributed by atoms with E-state index in [1.54, 1.807) is 0 Å². The fraction of sp³-hybridized carbons (Fsp3) is 0.207. The highest BCUT2D eigenvalue weighted by Crippen LogP contribution is 2.66. The number of para-hydroxylation sites is 3. The molecule has 3 saturated carbocycles. The minimum atomic E-state index is -0.0238. The first-order valence-corrected chi connectivity index (χ1v) is 44.1. The lowest BCUT2D eigenvalue weighted by Crippen LogP contribution is -2.54. The van der Waals surface area contributed by atoms with E-state index in [1.807, 2.05) is 0 Å². The Morgan fingerprint density at radius 2 is 0.471 bits per heavy atom. The molecule has 0 amide bonds.